The number of nitrogens with zero attached hydrogens (tertiary/aromatic N) is 2. The van der Waals surface area contributed by atoms with Crippen LogP contribution in [0.25, 0.3) is 10.9 Å². The van der Waals surface area contributed by atoms with Gasteiger partial charge in [-0.1, -0.05) is 23.2 Å². The Bertz CT molecular complexity index is 735. The van der Waals surface area contributed by atoms with Crippen LogP contribution in [0, 0.1) is 0 Å². The molecule has 2 aromatic rings. The summed E-state index contributed by atoms with van der Waals surface area (Å²) in [5.74, 6) is -0.418. The molecule has 0 bridgehead atoms. The summed E-state index contributed by atoms with van der Waals surface area (Å²) in [5, 5.41) is 4.97. The number of nitrogens with one attached hydrogen (secondary N) is 1. The average molecular weight is 370 g/mol. The van der Waals surface area contributed by atoms with Crippen molar-refractivity contribution in [2.45, 2.75) is 13.3 Å². The minimum Gasteiger partial charge on any atom is -0.462 e. The summed E-state index contributed by atoms with van der Waals surface area (Å²) in [5.41, 5.74) is 1.64. The number of hydrogen-bond acceptors (Lipinski definition) is 5. The molecule has 0 spiro atoms. The number of pyridine rings is 1. The maximum absolute atomic E-state index is 12.2. The predicted molar refractivity (Wildman–Crippen MR) is 99.4 cm³/mol. The molecule has 24 heavy (non-hydrogen) atoms. The summed E-state index contributed by atoms with van der Waals surface area (Å²) in [6.07, 6.45) is 2.42. The van der Waals surface area contributed by atoms with Gasteiger partial charge in [-0.3, -0.25) is 4.98 Å². The quantitative estimate of drug-likeness (QED) is 0.588. The van der Waals surface area contributed by atoms with Crippen LogP contribution in [0.15, 0.2) is 18.3 Å². The predicted octanol–water partition coefficient (Wildman–Crippen LogP) is 4.08. The fourth-order valence-electron chi connectivity index (χ4n) is 2.39. The molecule has 0 saturated heterocycles. The molecule has 0 unspecified atom stereocenters. The molecule has 0 radical (unpaired) electrons. The van der Waals surface area contributed by atoms with Crippen LogP contribution >= 0.6 is 23.2 Å². The molecule has 0 fully saturated rings. The van der Waals surface area contributed by atoms with E-state index in [2.05, 4.69) is 15.2 Å². The molecular formula is C17H21Cl2N3O2. The maximum atomic E-state index is 12.2. The molecule has 7 heteroatoms. The number of fused-ring (bicyclic) bond motifs is 1. The fraction of sp³-hybridized carbons (Fsp3) is 0.412. The standard InChI is InChI=1S/C17H21Cl2N3O2/c1-4-24-17(23)13-10-21-16-12(8-11(18)9-14(16)19)15(13)20-6-5-7-22(2)3/h8-10H,4-7H2,1-3H3,(H,20,21). The van der Waals surface area contributed by atoms with Gasteiger partial charge in [-0.15, -0.1) is 0 Å². The van der Waals surface area contributed by atoms with Crippen LogP contribution in [-0.2, 0) is 4.74 Å². The van der Waals surface area contributed by atoms with Crippen molar-refractivity contribution in [2.75, 3.05) is 39.1 Å². The summed E-state index contributed by atoms with van der Waals surface area (Å²) in [7, 11) is 4.04. The van der Waals surface area contributed by atoms with Gasteiger partial charge in [-0.25, -0.2) is 4.79 Å². The molecule has 0 amide bonds. The lowest BCUT2D eigenvalue weighted by Crippen LogP contribution is -2.17. The average Bonchev–Trinajstić information content (AvgIpc) is 2.51. The van der Waals surface area contributed by atoms with E-state index in [1.807, 2.05) is 14.1 Å². The highest BCUT2D eigenvalue weighted by Crippen LogP contribution is 2.33. The van der Waals surface area contributed by atoms with Crippen molar-refractivity contribution in [3.63, 3.8) is 0 Å². The Kier molecular flexibility index (Phi) is 6.66. The second kappa shape index (κ2) is 8.51. The van der Waals surface area contributed by atoms with E-state index < -0.39 is 5.97 Å². The highest BCUT2D eigenvalue weighted by atomic mass is 35.5. The van der Waals surface area contributed by atoms with Crippen molar-refractivity contribution >= 4 is 45.8 Å². The minimum atomic E-state index is -0.418. The number of halogens is 2. The molecule has 0 saturated carbocycles. The van der Waals surface area contributed by atoms with Crippen molar-refractivity contribution in [3.05, 3.63) is 33.9 Å². The number of rotatable bonds is 7. The molecule has 1 N–H and O–H groups in total. The fourth-order valence-corrected chi connectivity index (χ4v) is 2.93. The number of hydrogen-bond donors (Lipinski definition) is 1. The number of ether oxygens (including phenoxy) is 1. The monoisotopic (exact) mass is 369 g/mol. The van der Waals surface area contributed by atoms with Gasteiger partial charge in [0, 0.05) is 23.2 Å². The summed E-state index contributed by atoms with van der Waals surface area (Å²) >= 11 is 12.4. The van der Waals surface area contributed by atoms with Crippen LogP contribution in [-0.4, -0.2) is 49.6 Å². The third kappa shape index (κ3) is 4.50. The van der Waals surface area contributed by atoms with Crippen LogP contribution in [0.3, 0.4) is 0 Å². The molecular weight excluding hydrogens is 349 g/mol. The normalized spacial score (nSPS) is 11.1. The van der Waals surface area contributed by atoms with E-state index in [-0.39, 0.29) is 0 Å². The first-order chi connectivity index (χ1) is 11.4. The van der Waals surface area contributed by atoms with E-state index in [1.54, 1.807) is 19.1 Å². The summed E-state index contributed by atoms with van der Waals surface area (Å²) in [6.45, 7) is 3.71. The Morgan fingerprint density at radius 1 is 1.33 bits per heavy atom. The van der Waals surface area contributed by atoms with E-state index >= 15 is 0 Å². The maximum Gasteiger partial charge on any atom is 0.341 e. The number of aromatic nitrogens is 1. The topological polar surface area (TPSA) is 54.5 Å². The second-order valence-corrected chi connectivity index (χ2v) is 6.48. The molecule has 1 heterocycles. The summed E-state index contributed by atoms with van der Waals surface area (Å²) in [6, 6.07) is 3.39. The van der Waals surface area contributed by atoms with Gasteiger partial charge in [0.1, 0.15) is 5.56 Å². The molecule has 1 aromatic heterocycles. The lowest BCUT2D eigenvalue weighted by molar-refractivity contribution is 0.0527. The highest BCUT2D eigenvalue weighted by molar-refractivity contribution is 6.38. The van der Waals surface area contributed by atoms with Gasteiger partial charge in [0.05, 0.1) is 22.8 Å². The summed E-state index contributed by atoms with van der Waals surface area (Å²) in [4.78, 5) is 18.6. The third-order valence-corrected chi connectivity index (χ3v) is 3.98. The summed E-state index contributed by atoms with van der Waals surface area (Å²) < 4.78 is 5.13. The van der Waals surface area contributed by atoms with Crippen LogP contribution < -0.4 is 5.32 Å². The zero-order valence-electron chi connectivity index (χ0n) is 14.0. The number of carbonyl (C=O) groups excluding carboxylic acids is 1. The number of esters is 1. The Balaban J connectivity index is 2.43. The van der Waals surface area contributed by atoms with Gasteiger partial charge in [0.2, 0.25) is 0 Å². The third-order valence-electron chi connectivity index (χ3n) is 3.47. The van der Waals surface area contributed by atoms with E-state index in [0.29, 0.717) is 45.4 Å². The molecule has 5 nitrogen and oxygen atoms in total. The number of benzene rings is 1. The van der Waals surface area contributed by atoms with E-state index in [0.717, 1.165) is 13.0 Å². The molecule has 0 aliphatic heterocycles. The molecule has 130 valence electrons. The van der Waals surface area contributed by atoms with E-state index in [1.165, 1.54) is 6.20 Å². The Morgan fingerprint density at radius 2 is 2.08 bits per heavy atom. The van der Waals surface area contributed by atoms with E-state index in [4.69, 9.17) is 27.9 Å². The zero-order chi connectivity index (χ0) is 17.7. The Morgan fingerprint density at radius 3 is 2.75 bits per heavy atom. The van der Waals surface area contributed by atoms with Gasteiger partial charge in [0.25, 0.3) is 0 Å². The van der Waals surface area contributed by atoms with E-state index in [9.17, 15) is 4.79 Å². The first-order valence-electron chi connectivity index (χ1n) is 7.77. The van der Waals surface area contributed by atoms with Crippen molar-refractivity contribution < 1.29 is 9.53 Å². The largest absolute Gasteiger partial charge is 0.462 e. The number of carbonyl (C=O) groups is 1. The van der Waals surface area contributed by atoms with Gasteiger partial charge < -0.3 is 15.0 Å². The SMILES string of the molecule is CCOC(=O)c1cnc2c(Cl)cc(Cl)cc2c1NCCCN(C)C. The van der Waals surface area contributed by atoms with Crippen molar-refractivity contribution in [1.82, 2.24) is 9.88 Å². The Labute approximate surface area is 151 Å². The van der Waals surface area contributed by atoms with Crippen LogP contribution in [0.2, 0.25) is 10.0 Å². The molecule has 0 atom stereocenters. The van der Waals surface area contributed by atoms with Gasteiger partial charge in [-0.05, 0) is 46.1 Å². The first kappa shape index (κ1) is 18.8. The van der Waals surface area contributed by atoms with Gasteiger partial charge in [-0.2, -0.15) is 0 Å². The first-order valence-corrected chi connectivity index (χ1v) is 8.53. The lowest BCUT2D eigenvalue weighted by Gasteiger charge is -2.16. The lowest BCUT2D eigenvalue weighted by atomic mass is 10.1. The smallest absolute Gasteiger partial charge is 0.341 e. The second-order valence-electron chi connectivity index (χ2n) is 5.63. The van der Waals surface area contributed by atoms with Crippen LogP contribution in [0.5, 0.6) is 0 Å². The Hall–Kier alpha value is -1.56. The number of anilines is 1. The molecule has 0 aliphatic carbocycles. The van der Waals surface area contributed by atoms with Crippen molar-refractivity contribution in [3.8, 4) is 0 Å². The zero-order valence-corrected chi connectivity index (χ0v) is 15.5. The highest BCUT2D eigenvalue weighted by Gasteiger charge is 2.18. The van der Waals surface area contributed by atoms with Gasteiger partial charge in [0.15, 0.2) is 0 Å². The molecule has 0 aliphatic rings. The molecule has 2 rings (SSSR count). The molecule has 1 aromatic carbocycles. The minimum absolute atomic E-state index is 0.299. The van der Waals surface area contributed by atoms with Crippen molar-refractivity contribution in [1.29, 1.82) is 0 Å². The van der Waals surface area contributed by atoms with Crippen molar-refractivity contribution in [2.24, 2.45) is 0 Å². The van der Waals surface area contributed by atoms with Crippen LogP contribution in [0.1, 0.15) is 23.7 Å². The van der Waals surface area contributed by atoms with Gasteiger partial charge >= 0.3 is 5.97 Å². The van der Waals surface area contributed by atoms with Crippen LogP contribution in [0.4, 0.5) is 5.69 Å².